The highest BCUT2D eigenvalue weighted by atomic mass is 79.9. The highest BCUT2D eigenvalue weighted by molar-refractivity contribution is 9.09. The van der Waals surface area contributed by atoms with Crippen LogP contribution in [-0.4, -0.2) is 9.81 Å². The van der Waals surface area contributed by atoms with Crippen molar-refractivity contribution in [2.24, 2.45) is 0 Å². The molecule has 1 nitrogen and oxygen atoms in total. The van der Waals surface area contributed by atoms with E-state index in [9.17, 15) is 13.2 Å². The average molecular weight is 296 g/mol. The molecule has 0 aliphatic heterocycles. The number of rotatable bonds is 4. The third kappa shape index (κ3) is 4.12. The van der Waals surface area contributed by atoms with Crippen LogP contribution in [0.4, 0.5) is 13.2 Å². The fourth-order valence-electron chi connectivity index (χ4n) is 1.41. The molecule has 1 rings (SSSR count). The highest BCUT2D eigenvalue weighted by Gasteiger charge is 2.30. The standard InChI is InChI=1S/C11H13BrF3N/c1-2-3-9(12)7-10-6-8(4-5-16-10)11(13,14)15/h4-6,9H,2-3,7H2,1H3. The second-order valence-corrected chi connectivity index (χ2v) is 4.92. The van der Waals surface area contributed by atoms with Crippen LogP contribution in [0.15, 0.2) is 18.3 Å². The van der Waals surface area contributed by atoms with Gasteiger partial charge in [0, 0.05) is 23.1 Å². The summed E-state index contributed by atoms with van der Waals surface area (Å²) in [6.45, 7) is 2.04. The van der Waals surface area contributed by atoms with E-state index in [1.807, 2.05) is 6.92 Å². The molecule has 0 aliphatic carbocycles. The van der Waals surface area contributed by atoms with Gasteiger partial charge in [0.1, 0.15) is 0 Å². The molecular formula is C11H13BrF3N. The number of hydrogen-bond donors (Lipinski definition) is 0. The first-order valence-electron chi connectivity index (χ1n) is 5.09. The second-order valence-electron chi connectivity index (χ2n) is 3.62. The minimum atomic E-state index is -4.29. The Bertz CT molecular complexity index is 338. The Morgan fingerprint density at radius 3 is 2.69 bits per heavy atom. The first kappa shape index (κ1) is 13.5. The maximum atomic E-state index is 12.4. The van der Waals surface area contributed by atoms with E-state index >= 15 is 0 Å². The number of alkyl halides is 4. The van der Waals surface area contributed by atoms with Gasteiger partial charge in [-0.25, -0.2) is 0 Å². The Morgan fingerprint density at radius 1 is 1.44 bits per heavy atom. The summed E-state index contributed by atoms with van der Waals surface area (Å²) in [4.78, 5) is 4.13. The van der Waals surface area contributed by atoms with Crippen molar-refractivity contribution in [2.75, 3.05) is 0 Å². The molecule has 1 atom stereocenters. The fourth-order valence-corrected chi connectivity index (χ4v) is 2.20. The first-order valence-corrected chi connectivity index (χ1v) is 6.01. The Labute approximate surface area is 101 Å². The topological polar surface area (TPSA) is 12.9 Å². The lowest BCUT2D eigenvalue weighted by Crippen LogP contribution is -2.09. The molecule has 0 spiro atoms. The summed E-state index contributed by atoms with van der Waals surface area (Å²) in [6, 6.07) is 2.11. The van der Waals surface area contributed by atoms with Crippen LogP contribution in [0.3, 0.4) is 0 Å². The van der Waals surface area contributed by atoms with E-state index in [0.29, 0.717) is 12.1 Å². The molecule has 0 N–H and O–H groups in total. The monoisotopic (exact) mass is 295 g/mol. The number of aromatic nitrogens is 1. The Hall–Kier alpha value is -0.580. The molecule has 1 aromatic heterocycles. The third-order valence-corrected chi connectivity index (χ3v) is 2.96. The van der Waals surface area contributed by atoms with Crippen molar-refractivity contribution in [3.63, 3.8) is 0 Å². The van der Waals surface area contributed by atoms with Crippen molar-refractivity contribution in [3.8, 4) is 0 Å². The summed E-state index contributed by atoms with van der Waals surface area (Å²) in [5.41, 5.74) is -0.154. The minimum absolute atomic E-state index is 0.188. The molecule has 0 aromatic carbocycles. The van der Waals surface area contributed by atoms with Crippen LogP contribution < -0.4 is 0 Å². The lowest BCUT2D eigenvalue weighted by atomic mass is 10.1. The van der Waals surface area contributed by atoms with Gasteiger partial charge in [-0.2, -0.15) is 13.2 Å². The summed E-state index contributed by atoms with van der Waals surface area (Å²) in [5.74, 6) is 0. The lowest BCUT2D eigenvalue weighted by molar-refractivity contribution is -0.137. The number of pyridine rings is 1. The lowest BCUT2D eigenvalue weighted by Gasteiger charge is -2.10. The predicted molar refractivity (Wildman–Crippen MR) is 60.6 cm³/mol. The predicted octanol–water partition coefficient (Wildman–Crippen LogP) is 4.21. The molecule has 0 amide bonds. The summed E-state index contributed by atoms with van der Waals surface area (Å²) in [5, 5.41) is 0. The van der Waals surface area contributed by atoms with E-state index in [1.54, 1.807) is 0 Å². The normalized spacial score (nSPS) is 13.8. The van der Waals surface area contributed by atoms with Crippen molar-refractivity contribution in [1.82, 2.24) is 4.98 Å². The summed E-state index contributed by atoms with van der Waals surface area (Å²) >= 11 is 3.43. The molecule has 5 heteroatoms. The van der Waals surface area contributed by atoms with Gasteiger partial charge in [0.2, 0.25) is 0 Å². The number of hydrogen-bond acceptors (Lipinski definition) is 1. The number of nitrogens with zero attached hydrogens (tertiary/aromatic N) is 1. The fraction of sp³-hybridized carbons (Fsp3) is 0.545. The minimum Gasteiger partial charge on any atom is -0.261 e. The van der Waals surface area contributed by atoms with E-state index in [0.717, 1.165) is 25.0 Å². The number of halogens is 4. The summed E-state index contributed by atoms with van der Waals surface area (Å²) in [6.07, 6.45) is -0.626. The van der Waals surface area contributed by atoms with Gasteiger partial charge in [-0.15, -0.1) is 0 Å². The van der Waals surface area contributed by atoms with E-state index in [1.165, 1.54) is 6.20 Å². The van der Waals surface area contributed by atoms with Crippen LogP contribution >= 0.6 is 15.9 Å². The van der Waals surface area contributed by atoms with Gasteiger partial charge in [-0.3, -0.25) is 4.98 Å². The molecule has 90 valence electrons. The van der Waals surface area contributed by atoms with Gasteiger partial charge in [0.05, 0.1) is 5.56 Å². The Kier molecular flexibility index (Phi) is 4.77. The van der Waals surface area contributed by atoms with Gasteiger partial charge in [0.15, 0.2) is 0 Å². The molecule has 0 saturated carbocycles. The third-order valence-electron chi connectivity index (χ3n) is 2.18. The van der Waals surface area contributed by atoms with E-state index in [2.05, 4.69) is 20.9 Å². The Balaban J connectivity index is 2.75. The smallest absolute Gasteiger partial charge is 0.261 e. The maximum absolute atomic E-state index is 12.4. The molecule has 1 aromatic rings. The van der Waals surface area contributed by atoms with Crippen LogP contribution in [-0.2, 0) is 12.6 Å². The second kappa shape index (κ2) is 5.66. The SMILES string of the molecule is CCCC(Br)Cc1cc(C(F)(F)F)ccn1. The van der Waals surface area contributed by atoms with Gasteiger partial charge >= 0.3 is 6.18 Å². The zero-order valence-electron chi connectivity index (χ0n) is 8.89. The van der Waals surface area contributed by atoms with Crippen molar-refractivity contribution in [3.05, 3.63) is 29.6 Å². The molecule has 1 unspecified atom stereocenters. The summed E-state index contributed by atoms with van der Waals surface area (Å²) in [7, 11) is 0. The van der Waals surface area contributed by atoms with E-state index in [-0.39, 0.29) is 4.83 Å². The molecule has 0 fully saturated rings. The zero-order chi connectivity index (χ0) is 12.2. The average Bonchev–Trinajstić information content (AvgIpc) is 2.17. The zero-order valence-corrected chi connectivity index (χ0v) is 10.5. The van der Waals surface area contributed by atoms with Crippen LogP contribution in [0.25, 0.3) is 0 Å². The van der Waals surface area contributed by atoms with Crippen LogP contribution in [0, 0.1) is 0 Å². The van der Waals surface area contributed by atoms with Gasteiger partial charge < -0.3 is 0 Å². The summed E-state index contributed by atoms with van der Waals surface area (Å²) < 4.78 is 37.2. The molecular weight excluding hydrogens is 283 g/mol. The van der Waals surface area contributed by atoms with Crippen LogP contribution in [0.1, 0.15) is 31.0 Å². The van der Waals surface area contributed by atoms with Gasteiger partial charge in [0.25, 0.3) is 0 Å². The van der Waals surface area contributed by atoms with E-state index < -0.39 is 11.7 Å². The van der Waals surface area contributed by atoms with Crippen molar-refractivity contribution < 1.29 is 13.2 Å². The maximum Gasteiger partial charge on any atom is 0.416 e. The molecule has 16 heavy (non-hydrogen) atoms. The molecule has 0 radical (unpaired) electrons. The van der Waals surface area contributed by atoms with Crippen molar-refractivity contribution in [1.29, 1.82) is 0 Å². The van der Waals surface area contributed by atoms with Crippen molar-refractivity contribution in [2.45, 2.75) is 37.2 Å². The van der Waals surface area contributed by atoms with Gasteiger partial charge in [-0.1, -0.05) is 29.3 Å². The van der Waals surface area contributed by atoms with E-state index in [4.69, 9.17) is 0 Å². The Morgan fingerprint density at radius 2 is 2.12 bits per heavy atom. The quantitative estimate of drug-likeness (QED) is 0.759. The van der Waals surface area contributed by atoms with Crippen molar-refractivity contribution >= 4 is 15.9 Å². The first-order chi connectivity index (χ1) is 7.43. The largest absolute Gasteiger partial charge is 0.416 e. The van der Waals surface area contributed by atoms with Crippen LogP contribution in [0.5, 0.6) is 0 Å². The molecule has 0 saturated heterocycles. The molecule has 0 aliphatic rings. The van der Waals surface area contributed by atoms with Crippen LogP contribution in [0.2, 0.25) is 0 Å². The highest BCUT2D eigenvalue weighted by Crippen LogP contribution is 2.29. The molecule has 1 heterocycles. The molecule has 0 bridgehead atoms. The van der Waals surface area contributed by atoms with Gasteiger partial charge in [-0.05, 0) is 18.6 Å².